The molecule has 1 amide bonds. The molecule has 0 aromatic heterocycles. The number of benzene rings is 2. The Bertz CT molecular complexity index is 625. The molecule has 0 radical (unpaired) electrons. The SMILES string of the molecule is O=C(NC1CC1)[C@@H](SCc1ccc(Cl)cc1)c1ccccc1. The fraction of sp³-hybridized carbons (Fsp3) is 0.278. The van der Waals surface area contributed by atoms with Crippen molar-refractivity contribution in [1.29, 1.82) is 0 Å². The third-order valence-electron chi connectivity index (χ3n) is 3.59. The van der Waals surface area contributed by atoms with Gasteiger partial charge in [-0.1, -0.05) is 54.1 Å². The van der Waals surface area contributed by atoms with Gasteiger partial charge >= 0.3 is 0 Å². The van der Waals surface area contributed by atoms with E-state index < -0.39 is 0 Å². The first kappa shape index (κ1) is 15.4. The minimum atomic E-state index is -0.169. The summed E-state index contributed by atoms with van der Waals surface area (Å²) < 4.78 is 0. The smallest absolute Gasteiger partial charge is 0.237 e. The van der Waals surface area contributed by atoms with Crippen LogP contribution in [-0.2, 0) is 10.5 Å². The Morgan fingerprint density at radius 3 is 2.45 bits per heavy atom. The van der Waals surface area contributed by atoms with Gasteiger partial charge in [0.25, 0.3) is 0 Å². The number of amides is 1. The Morgan fingerprint density at radius 2 is 1.82 bits per heavy atom. The lowest BCUT2D eigenvalue weighted by Crippen LogP contribution is -2.29. The number of halogens is 1. The highest BCUT2D eigenvalue weighted by Gasteiger charge is 2.28. The minimum Gasteiger partial charge on any atom is -0.352 e. The van der Waals surface area contributed by atoms with E-state index in [4.69, 9.17) is 11.6 Å². The number of nitrogens with one attached hydrogen (secondary N) is 1. The highest BCUT2D eigenvalue weighted by Crippen LogP contribution is 2.33. The molecule has 0 spiro atoms. The van der Waals surface area contributed by atoms with Crippen molar-refractivity contribution < 1.29 is 4.79 Å². The predicted molar refractivity (Wildman–Crippen MR) is 93.1 cm³/mol. The van der Waals surface area contributed by atoms with Crippen LogP contribution in [0.5, 0.6) is 0 Å². The van der Waals surface area contributed by atoms with Crippen molar-refractivity contribution in [2.24, 2.45) is 0 Å². The zero-order valence-corrected chi connectivity index (χ0v) is 13.7. The van der Waals surface area contributed by atoms with Crippen molar-refractivity contribution in [1.82, 2.24) is 5.32 Å². The van der Waals surface area contributed by atoms with Gasteiger partial charge in [0.15, 0.2) is 0 Å². The Labute approximate surface area is 140 Å². The molecule has 2 nitrogen and oxygen atoms in total. The average Bonchev–Trinajstić information content (AvgIpc) is 3.34. The van der Waals surface area contributed by atoms with Gasteiger partial charge in [-0.15, -0.1) is 11.8 Å². The van der Waals surface area contributed by atoms with Crippen LogP contribution in [0.3, 0.4) is 0 Å². The summed E-state index contributed by atoms with van der Waals surface area (Å²) in [4.78, 5) is 12.5. The molecule has 0 aliphatic heterocycles. The van der Waals surface area contributed by atoms with Gasteiger partial charge in [0, 0.05) is 16.8 Å². The largest absolute Gasteiger partial charge is 0.352 e. The normalized spacial score (nSPS) is 15.3. The van der Waals surface area contributed by atoms with Gasteiger partial charge in [0.05, 0.1) is 0 Å². The summed E-state index contributed by atoms with van der Waals surface area (Å²) in [6.07, 6.45) is 2.21. The summed E-state index contributed by atoms with van der Waals surface area (Å²) in [7, 11) is 0. The molecule has 1 aliphatic rings. The first-order chi connectivity index (χ1) is 10.7. The molecule has 2 aromatic carbocycles. The summed E-state index contributed by atoms with van der Waals surface area (Å²) in [5.41, 5.74) is 2.23. The Kier molecular flexibility index (Phi) is 5.06. The van der Waals surface area contributed by atoms with Crippen LogP contribution in [0.1, 0.15) is 29.2 Å². The molecule has 1 aliphatic carbocycles. The molecule has 0 unspecified atom stereocenters. The van der Waals surface area contributed by atoms with E-state index in [1.165, 1.54) is 5.56 Å². The van der Waals surface area contributed by atoms with Gasteiger partial charge in [-0.3, -0.25) is 4.79 Å². The lowest BCUT2D eigenvalue weighted by atomic mass is 10.1. The second kappa shape index (κ2) is 7.21. The zero-order valence-electron chi connectivity index (χ0n) is 12.2. The Hall–Kier alpha value is -1.45. The van der Waals surface area contributed by atoms with E-state index in [0.29, 0.717) is 6.04 Å². The Morgan fingerprint density at radius 1 is 1.14 bits per heavy atom. The summed E-state index contributed by atoms with van der Waals surface area (Å²) in [5, 5.41) is 3.68. The lowest BCUT2D eigenvalue weighted by molar-refractivity contribution is -0.120. The van der Waals surface area contributed by atoms with E-state index in [2.05, 4.69) is 5.32 Å². The highest BCUT2D eigenvalue weighted by atomic mass is 35.5. The van der Waals surface area contributed by atoms with Crippen LogP contribution >= 0.6 is 23.4 Å². The fourth-order valence-corrected chi connectivity index (χ4v) is 3.46. The van der Waals surface area contributed by atoms with Gasteiger partial charge in [-0.25, -0.2) is 0 Å². The molecule has 1 saturated carbocycles. The maximum absolute atomic E-state index is 12.5. The minimum absolute atomic E-state index is 0.118. The van der Waals surface area contributed by atoms with E-state index in [0.717, 1.165) is 29.2 Å². The van der Waals surface area contributed by atoms with Crippen molar-refractivity contribution in [2.75, 3.05) is 0 Å². The molecule has 4 heteroatoms. The van der Waals surface area contributed by atoms with Crippen LogP contribution in [0.25, 0.3) is 0 Å². The number of rotatable bonds is 6. The molecule has 0 heterocycles. The molecule has 2 aromatic rings. The molecule has 0 saturated heterocycles. The van der Waals surface area contributed by atoms with E-state index in [1.54, 1.807) is 11.8 Å². The first-order valence-electron chi connectivity index (χ1n) is 7.44. The molecule has 3 rings (SSSR count). The van der Waals surface area contributed by atoms with E-state index in [9.17, 15) is 4.79 Å². The third-order valence-corrected chi connectivity index (χ3v) is 5.17. The van der Waals surface area contributed by atoms with E-state index in [-0.39, 0.29) is 11.2 Å². The molecule has 1 fully saturated rings. The summed E-state index contributed by atoms with van der Waals surface area (Å²) >= 11 is 7.57. The van der Waals surface area contributed by atoms with Crippen LogP contribution in [0, 0.1) is 0 Å². The predicted octanol–water partition coefficient (Wildman–Crippen LogP) is 4.59. The number of carbonyl (C=O) groups excluding carboxylic acids is 1. The van der Waals surface area contributed by atoms with E-state index >= 15 is 0 Å². The first-order valence-corrected chi connectivity index (χ1v) is 8.86. The van der Waals surface area contributed by atoms with Gasteiger partial charge in [-0.05, 0) is 36.1 Å². The number of hydrogen-bond acceptors (Lipinski definition) is 2. The van der Waals surface area contributed by atoms with Gasteiger partial charge in [0.2, 0.25) is 5.91 Å². The lowest BCUT2D eigenvalue weighted by Gasteiger charge is -2.17. The average molecular weight is 332 g/mol. The molecule has 1 atom stereocenters. The summed E-state index contributed by atoms with van der Waals surface area (Å²) in [6.45, 7) is 0. The second-order valence-electron chi connectivity index (χ2n) is 5.51. The topological polar surface area (TPSA) is 29.1 Å². The summed E-state index contributed by atoms with van der Waals surface area (Å²) in [6, 6.07) is 18.2. The maximum atomic E-state index is 12.5. The summed E-state index contributed by atoms with van der Waals surface area (Å²) in [5.74, 6) is 0.905. The molecule has 1 N–H and O–H groups in total. The highest BCUT2D eigenvalue weighted by molar-refractivity contribution is 7.99. The quantitative estimate of drug-likeness (QED) is 0.838. The molecule has 114 valence electrons. The van der Waals surface area contributed by atoms with Crippen molar-refractivity contribution in [3.05, 3.63) is 70.7 Å². The standard InChI is InChI=1S/C18H18ClNOS/c19-15-8-6-13(7-9-15)12-22-17(14-4-2-1-3-5-14)18(21)20-16-10-11-16/h1-9,16-17H,10-12H2,(H,20,21)/t17-/m0/s1. The van der Waals surface area contributed by atoms with Crippen LogP contribution in [0.15, 0.2) is 54.6 Å². The maximum Gasteiger partial charge on any atom is 0.237 e. The van der Waals surface area contributed by atoms with Gasteiger partial charge < -0.3 is 5.32 Å². The molecular weight excluding hydrogens is 314 g/mol. The van der Waals surface area contributed by atoms with Gasteiger partial charge in [-0.2, -0.15) is 0 Å². The molecular formula is C18H18ClNOS. The van der Waals surface area contributed by atoms with Crippen LogP contribution in [-0.4, -0.2) is 11.9 Å². The van der Waals surface area contributed by atoms with Crippen molar-refractivity contribution in [3.8, 4) is 0 Å². The molecule has 0 bridgehead atoms. The number of carbonyl (C=O) groups is 1. The van der Waals surface area contributed by atoms with Crippen molar-refractivity contribution in [2.45, 2.75) is 29.9 Å². The molecule has 22 heavy (non-hydrogen) atoms. The monoisotopic (exact) mass is 331 g/mol. The Balaban J connectivity index is 1.70. The number of thioether (sulfide) groups is 1. The van der Waals surface area contributed by atoms with Crippen molar-refractivity contribution >= 4 is 29.3 Å². The number of hydrogen-bond donors (Lipinski definition) is 1. The van der Waals surface area contributed by atoms with Crippen LogP contribution in [0.2, 0.25) is 5.02 Å². The van der Waals surface area contributed by atoms with E-state index in [1.807, 2.05) is 54.6 Å². The zero-order chi connectivity index (χ0) is 15.4. The third kappa shape index (κ3) is 4.28. The van der Waals surface area contributed by atoms with Gasteiger partial charge in [0.1, 0.15) is 5.25 Å². The van der Waals surface area contributed by atoms with Crippen molar-refractivity contribution in [3.63, 3.8) is 0 Å². The van der Waals surface area contributed by atoms with Crippen LogP contribution in [0.4, 0.5) is 0 Å². The second-order valence-corrected chi connectivity index (χ2v) is 7.04. The fourth-order valence-electron chi connectivity index (χ4n) is 2.22. The van der Waals surface area contributed by atoms with Crippen LogP contribution < -0.4 is 5.32 Å².